The van der Waals surface area contributed by atoms with Crippen LogP contribution in [-0.4, -0.2) is 22.6 Å². The Morgan fingerprint density at radius 1 is 1.38 bits per heavy atom. The maximum Gasteiger partial charge on any atom is 0.242 e. The number of ether oxygens (including phenoxy) is 1. The van der Waals surface area contributed by atoms with Crippen LogP contribution in [0.2, 0.25) is 0 Å². The van der Waals surface area contributed by atoms with E-state index in [1.54, 1.807) is 0 Å². The second-order valence-corrected chi connectivity index (χ2v) is 7.37. The SMILES string of the molecule is CCOc1ncnc(NC2C3(C)CCC(C3)C2(C)C)c1N. The fraction of sp³-hybridized carbons (Fsp3) is 0.750. The molecule has 0 radical (unpaired) electrons. The predicted octanol–water partition coefficient (Wildman–Crippen LogP) is 3.08. The molecule has 1 heterocycles. The second-order valence-electron chi connectivity index (χ2n) is 7.37. The van der Waals surface area contributed by atoms with Crippen LogP contribution in [0, 0.1) is 16.7 Å². The zero-order valence-electron chi connectivity index (χ0n) is 13.4. The molecule has 3 atom stereocenters. The minimum absolute atomic E-state index is 0.260. The van der Waals surface area contributed by atoms with Gasteiger partial charge in [-0.05, 0) is 42.9 Å². The Labute approximate surface area is 126 Å². The van der Waals surface area contributed by atoms with Crippen LogP contribution >= 0.6 is 0 Å². The summed E-state index contributed by atoms with van der Waals surface area (Å²) in [4.78, 5) is 8.44. The molecule has 0 saturated heterocycles. The summed E-state index contributed by atoms with van der Waals surface area (Å²) in [5, 5.41) is 3.61. The lowest BCUT2D eigenvalue weighted by Gasteiger charge is -2.43. The van der Waals surface area contributed by atoms with E-state index in [-0.39, 0.29) is 5.41 Å². The van der Waals surface area contributed by atoms with Crippen molar-refractivity contribution in [2.75, 3.05) is 17.7 Å². The highest BCUT2D eigenvalue weighted by Crippen LogP contribution is 2.63. The van der Waals surface area contributed by atoms with E-state index in [1.807, 2.05) is 6.92 Å². The van der Waals surface area contributed by atoms with Crippen molar-refractivity contribution in [2.45, 2.75) is 53.0 Å². The topological polar surface area (TPSA) is 73.1 Å². The molecular formula is C16H26N4O. The molecule has 3 rings (SSSR count). The van der Waals surface area contributed by atoms with E-state index in [0.717, 1.165) is 5.92 Å². The predicted molar refractivity (Wildman–Crippen MR) is 84.3 cm³/mol. The lowest BCUT2D eigenvalue weighted by Crippen LogP contribution is -2.46. The van der Waals surface area contributed by atoms with Crippen molar-refractivity contribution in [1.29, 1.82) is 0 Å². The highest BCUT2D eigenvalue weighted by molar-refractivity contribution is 5.67. The highest BCUT2D eigenvalue weighted by atomic mass is 16.5. The van der Waals surface area contributed by atoms with E-state index >= 15 is 0 Å². The molecule has 2 aliphatic carbocycles. The van der Waals surface area contributed by atoms with Crippen molar-refractivity contribution in [3.05, 3.63) is 6.33 Å². The van der Waals surface area contributed by atoms with Gasteiger partial charge in [0.05, 0.1) is 6.61 Å². The molecule has 2 saturated carbocycles. The first-order valence-corrected chi connectivity index (χ1v) is 7.88. The fourth-order valence-corrected chi connectivity index (χ4v) is 4.55. The Kier molecular flexibility index (Phi) is 3.26. The van der Waals surface area contributed by atoms with E-state index in [9.17, 15) is 0 Å². The lowest BCUT2D eigenvalue weighted by molar-refractivity contribution is 0.155. The fourth-order valence-electron chi connectivity index (χ4n) is 4.55. The van der Waals surface area contributed by atoms with Gasteiger partial charge in [0.15, 0.2) is 5.82 Å². The Morgan fingerprint density at radius 2 is 2.14 bits per heavy atom. The zero-order valence-corrected chi connectivity index (χ0v) is 13.4. The Bertz CT molecular complexity index is 540. The summed E-state index contributed by atoms with van der Waals surface area (Å²) in [5.74, 6) is 1.97. The molecule has 0 aliphatic heterocycles. The molecule has 21 heavy (non-hydrogen) atoms. The monoisotopic (exact) mass is 290 g/mol. The number of nitrogen functional groups attached to an aromatic ring is 1. The van der Waals surface area contributed by atoms with Gasteiger partial charge in [-0.2, -0.15) is 4.98 Å². The average Bonchev–Trinajstić information content (AvgIpc) is 2.90. The summed E-state index contributed by atoms with van der Waals surface area (Å²) in [6.07, 6.45) is 5.43. The molecule has 5 heteroatoms. The molecule has 2 fully saturated rings. The quantitative estimate of drug-likeness (QED) is 0.891. The number of hydrogen-bond donors (Lipinski definition) is 2. The molecule has 5 nitrogen and oxygen atoms in total. The Morgan fingerprint density at radius 3 is 2.76 bits per heavy atom. The van der Waals surface area contributed by atoms with Crippen LogP contribution in [0.15, 0.2) is 6.33 Å². The van der Waals surface area contributed by atoms with Gasteiger partial charge in [-0.1, -0.05) is 20.8 Å². The van der Waals surface area contributed by atoms with E-state index in [1.165, 1.54) is 25.6 Å². The summed E-state index contributed by atoms with van der Waals surface area (Å²) < 4.78 is 5.46. The summed E-state index contributed by atoms with van der Waals surface area (Å²) in [6.45, 7) is 9.59. The largest absolute Gasteiger partial charge is 0.476 e. The molecule has 2 bridgehead atoms. The summed E-state index contributed by atoms with van der Waals surface area (Å²) in [7, 11) is 0. The highest BCUT2D eigenvalue weighted by Gasteiger charge is 2.59. The normalized spacial score (nSPS) is 33.1. The van der Waals surface area contributed by atoms with E-state index < -0.39 is 0 Å². The smallest absolute Gasteiger partial charge is 0.242 e. The maximum atomic E-state index is 6.16. The third-order valence-electron chi connectivity index (χ3n) is 5.68. The number of nitrogens with zero attached hydrogens (tertiary/aromatic N) is 2. The maximum absolute atomic E-state index is 6.16. The van der Waals surface area contributed by atoms with Crippen molar-refractivity contribution >= 4 is 11.5 Å². The number of aromatic nitrogens is 2. The number of anilines is 2. The van der Waals surface area contributed by atoms with Crippen molar-refractivity contribution < 1.29 is 4.74 Å². The van der Waals surface area contributed by atoms with E-state index in [4.69, 9.17) is 10.5 Å². The van der Waals surface area contributed by atoms with Gasteiger partial charge >= 0.3 is 0 Å². The number of nitrogens with one attached hydrogen (secondary N) is 1. The first-order valence-electron chi connectivity index (χ1n) is 7.88. The number of rotatable bonds is 4. The number of nitrogens with two attached hydrogens (primary N) is 1. The Balaban J connectivity index is 1.89. The lowest BCUT2D eigenvalue weighted by atomic mass is 9.68. The molecule has 116 valence electrons. The molecular weight excluding hydrogens is 264 g/mol. The van der Waals surface area contributed by atoms with Gasteiger partial charge in [0.2, 0.25) is 5.88 Å². The van der Waals surface area contributed by atoms with Gasteiger partial charge < -0.3 is 15.8 Å². The van der Waals surface area contributed by atoms with E-state index in [0.29, 0.717) is 35.4 Å². The first kappa shape index (κ1) is 14.4. The van der Waals surface area contributed by atoms with Gasteiger partial charge in [-0.3, -0.25) is 0 Å². The van der Waals surface area contributed by atoms with Crippen LogP contribution < -0.4 is 15.8 Å². The molecule has 0 aromatic carbocycles. The van der Waals surface area contributed by atoms with Gasteiger partial charge in [0.25, 0.3) is 0 Å². The molecule has 0 amide bonds. The third kappa shape index (κ3) is 2.14. The molecule has 0 spiro atoms. The minimum Gasteiger partial charge on any atom is -0.476 e. The minimum atomic E-state index is 0.260. The van der Waals surface area contributed by atoms with Gasteiger partial charge in [0, 0.05) is 6.04 Å². The van der Waals surface area contributed by atoms with Crippen molar-refractivity contribution in [3.8, 4) is 5.88 Å². The molecule has 3 N–H and O–H groups in total. The third-order valence-corrected chi connectivity index (χ3v) is 5.68. The Hall–Kier alpha value is -1.52. The molecule has 3 unspecified atom stereocenters. The van der Waals surface area contributed by atoms with Crippen LogP contribution in [0.4, 0.5) is 11.5 Å². The number of fused-ring (bicyclic) bond motifs is 2. The molecule has 1 aromatic heterocycles. The van der Waals surface area contributed by atoms with Crippen molar-refractivity contribution in [3.63, 3.8) is 0 Å². The second kappa shape index (κ2) is 4.75. The zero-order chi connectivity index (χ0) is 15.3. The summed E-state index contributed by atoms with van der Waals surface area (Å²) in [6, 6.07) is 0.385. The number of hydrogen-bond acceptors (Lipinski definition) is 5. The van der Waals surface area contributed by atoms with Gasteiger partial charge in [-0.15, -0.1) is 0 Å². The molecule has 1 aromatic rings. The summed E-state index contributed by atoms with van der Waals surface area (Å²) in [5.41, 5.74) is 7.27. The standard InChI is InChI=1S/C16H26N4O/c1-5-21-13-11(17)12(18-9-19-13)20-14-15(2,3)10-6-7-16(14,4)8-10/h9-10,14H,5-8,17H2,1-4H3,(H,18,19,20). The average molecular weight is 290 g/mol. The first-order chi connectivity index (χ1) is 9.88. The molecule has 2 aliphatic rings. The van der Waals surface area contributed by atoms with Gasteiger partial charge in [0.1, 0.15) is 12.0 Å². The van der Waals surface area contributed by atoms with Crippen molar-refractivity contribution in [1.82, 2.24) is 9.97 Å². The summed E-state index contributed by atoms with van der Waals surface area (Å²) >= 11 is 0. The van der Waals surface area contributed by atoms with Crippen LogP contribution in [0.1, 0.15) is 47.0 Å². The van der Waals surface area contributed by atoms with Crippen LogP contribution in [0.3, 0.4) is 0 Å². The van der Waals surface area contributed by atoms with Crippen LogP contribution in [-0.2, 0) is 0 Å². The van der Waals surface area contributed by atoms with Crippen LogP contribution in [0.25, 0.3) is 0 Å². The van der Waals surface area contributed by atoms with Crippen LogP contribution in [0.5, 0.6) is 5.88 Å². The van der Waals surface area contributed by atoms with E-state index in [2.05, 4.69) is 36.1 Å². The van der Waals surface area contributed by atoms with Gasteiger partial charge in [-0.25, -0.2) is 4.98 Å². The van der Waals surface area contributed by atoms with Crippen molar-refractivity contribution in [2.24, 2.45) is 16.7 Å².